The summed E-state index contributed by atoms with van der Waals surface area (Å²) in [5.41, 5.74) is 2.70. The first-order chi connectivity index (χ1) is 19.2. The van der Waals surface area contributed by atoms with Crippen molar-refractivity contribution in [3.63, 3.8) is 0 Å². The van der Waals surface area contributed by atoms with Crippen molar-refractivity contribution in [3.8, 4) is 5.75 Å². The molecule has 0 aliphatic carbocycles. The van der Waals surface area contributed by atoms with Crippen molar-refractivity contribution in [2.24, 2.45) is 10.9 Å². The Morgan fingerprint density at radius 3 is 2.40 bits per heavy atom. The molecule has 0 saturated carbocycles. The molecular weight excluding hydrogens is 500 g/mol. The molecule has 0 aliphatic heterocycles. The molecule has 0 fully saturated rings. The van der Waals surface area contributed by atoms with E-state index >= 15 is 0 Å². The molecule has 0 saturated heterocycles. The SMILES string of the molecule is C=CC(=O)Nc1cccc(OC(/N=C(\C)Nc2ccc(N(C)[C@H](CC)CCC(C)C)cc2)=C(/C=C/CC)OC)c1. The Morgan fingerprint density at radius 1 is 1.07 bits per heavy atom. The fourth-order valence-corrected chi connectivity index (χ4v) is 4.10. The number of rotatable bonds is 15. The summed E-state index contributed by atoms with van der Waals surface area (Å²) in [6.45, 7) is 14.2. The van der Waals surface area contributed by atoms with Gasteiger partial charge in [0.2, 0.25) is 5.91 Å². The van der Waals surface area contributed by atoms with E-state index in [-0.39, 0.29) is 11.8 Å². The van der Waals surface area contributed by atoms with E-state index in [1.807, 2.05) is 26.0 Å². The molecular formula is C33H46N4O3. The normalized spacial score (nSPS) is 13.1. The topological polar surface area (TPSA) is 75.2 Å². The Bertz CT molecular complexity index is 1180. The number of benzene rings is 2. The number of methoxy groups -OCH3 is 1. The fraction of sp³-hybridized carbons (Fsp3) is 0.394. The summed E-state index contributed by atoms with van der Waals surface area (Å²) in [6, 6.07) is 16.0. The third kappa shape index (κ3) is 10.6. The number of carbonyl (C=O) groups excluding carboxylic acids is 1. The summed E-state index contributed by atoms with van der Waals surface area (Å²) in [7, 11) is 3.75. The van der Waals surface area contributed by atoms with Crippen molar-refractivity contribution >= 4 is 28.8 Å². The standard InChI is InChI=1S/C33H46N4O3/c1-9-12-16-31(39-8)33(40-30-15-13-14-27(23-30)36-32(38)11-3)35-25(6)34-26-18-21-29(22-19-26)37(7)28(10-2)20-17-24(4)5/h11-16,18-19,21-24,28H,3,9-10,17,20H2,1-2,4-8H3,(H,34,35)(H,36,38)/b16-12+,33-31-/t28-/m1/s1. The zero-order chi connectivity index (χ0) is 29.5. The Labute approximate surface area is 240 Å². The van der Waals surface area contributed by atoms with Crippen LogP contribution in [-0.2, 0) is 9.53 Å². The minimum atomic E-state index is -0.299. The number of anilines is 3. The van der Waals surface area contributed by atoms with E-state index in [9.17, 15) is 4.79 Å². The lowest BCUT2D eigenvalue weighted by Crippen LogP contribution is -2.31. The second-order valence-corrected chi connectivity index (χ2v) is 10.0. The number of hydrogen-bond acceptors (Lipinski definition) is 5. The lowest BCUT2D eigenvalue weighted by atomic mass is 10.0. The minimum Gasteiger partial charge on any atom is -0.491 e. The van der Waals surface area contributed by atoms with Gasteiger partial charge in [0.1, 0.15) is 11.6 Å². The first-order valence-electron chi connectivity index (χ1n) is 14.0. The molecule has 0 unspecified atom stereocenters. The van der Waals surface area contributed by atoms with Crippen LogP contribution in [0.4, 0.5) is 17.1 Å². The lowest BCUT2D eigenvalue weighted by molar-refractivity contribution is -0.111. The van der Waals surface area contributed by atoms with Crippen molar-refractivity contribution in [2.75, 3.05) is 29.7 Å². The Balaban J connectivity index is 2.26. The number of nitrogens with one attached hydrogen (secondary N) is 2. The number of ether oxygens (including phenoxy) is 2. The first kappa shape index (κ1) is 32.2. The highest BCUT2D eigenvalue weighted by molar-refractivity contribution is 5.99. The van der Waals surface area contributed by atoms with E-state index in [1.54, 1.807) is 31.4 Å². The van der Waals surface area contributed by atoms with E-state index < -0.39 is 0 Å². The zero-order valence-corrected chi connectivity index (χ0v) is 25.2. The van der Waals surface area contributed by atoms with Gasteiger partial charge in [0.25, 0.3) is 5.88 Å². The molecule has 0 bridgehead atoms. The third-order valence-electron chi connectivity index (χ3n) is 6.40. The van der Waals surface area contributed by atoms with Crippen molar-refractivity contribution in [1.82, 2.24) is 0 Å². The minimum absolute atomic E-state index is 0.289. The van der Waals surface area contributed by atoms with Crippen LogP contribution in [0, 0.1) is 5.92 Å². The van der Waals surface area contributed by atoms with Crippen molar-refractivity contribution in [2.45, 2.75) is 66.3 Å². The molecule has 40 heavy (non-hydrogen) atoms. The fourth-order valence-electron chi connectivity index (χ4n) is 4.10. The molecule has 7 heteroatoms. The smallest absolute Gasteiger partial charge is 0.264 e. The van der Waals surface area contributed by atoms with Crippen LogP contribution in [0.3, 0.4) is 0 Å². The van der Waals surface area contributed by atoms with Gasteiger partial charge in [-0.2, -0.15) is 4.99 Å². The summed E-state index contributed by atoms with van der Waals surface area (Å²) in [5.74, 6) is 2.31. The predicted molar refractivity (Wildman–Crippen MR) is 169 cm³/mol. The van der Waals surface area contributed by atoms with Crippen molar-refractivity contribution < 1.29 is 14.3 Å². The first-order valence-corrected chi connectivity index (χ1v) is 14.0. The Hall–Kier alpha value is -4.00. The quantitative estimate of drug-likeness (QED) is 0.0775. The van der Waals surface area contributed by atoms with Gasteiger partial charge < -0.3 is 25.0 Å². The molecule has 0 heterocycles. The Morgan fingerprint density at radius 2 is 1.80 bits per heavy atom. The molecule has 0 aromatic heterocycles. The number of allylic oxidation sites excluding steroid dienone is 2. The summed E-state index contributed by atoms with van der Waals surface area (Å²) in [6.07, 6.45) is 9.38. The third-order valence-corrected chi connectivity index (χ3v) is 6.40. The molecule has 2 N–H and O–H groups in total. The van der Waals surface area contributed by atoms with E-state index in [2.05, 4.69) is 74.2 Å². The average molecular weight is 547 g/mol. The summed E-state index contributed by atoms with van der Waals surface area (Å²) in [4.78, 5) is 18.8. The maximum Gasteiger partial charge on any atom is 0.264 e. The van der Waals surface area contributed by atoms with E-state index in [0.29, 0.717) is 35.0 Å². The van der Waals surface area contributed by atoms with Crippen LogP contribution in [0.5, 0.6) is 5.75 Å². The second kappa shape index (κ2) is 16.9. The number of hydrogen-bond donors (Lipinski definition) is 2. The number of amidine groups is 1. The highest BCUT2D eigenvalue weighted by Gasteiger charge is 2.14. The Kier molecular flexibility index (Phi) is 13.6. The highest BCUT2D eigenvalue weighted by atomic mass is 16.5. The lowest BCUT2D eigenvalue weighted by Gasteiger charge is -2.30. The molecule has 7 nitrogen and oxygen atoms in total. The molecule has 1 amide bonds. The molecule has 2 aromatic carbocycles. The molecule has 0 radical (unpaired) electrons. The van der Waals surface area contributed by atoms with Gasteiger partial charge in [-0.25, -0.2) is 0 Å². The molecule has 2 aromatic rings. The van der Waals surface area contributed by atoms with Gasteiger partial charge in [-0.3, -0.25) is 4.79 Å². The maximum atomic E-state index is 11.7. The molecule has 216 valence electrons. The van der Waals surface area contributed by atoms with Crippen LogP contribution in [0.25, 0.3) is 0 Å². The van der Waals surface area contributed by atoms with Crippen LogP contribution >= 0.6 is 0 Å². The van der Waals surface area contributed by atoms with Crippen LogP contribution in [0.1, 0.15) is 60.3 Å². The van der Waals surface area contributed by atoms with E-state index in [1.165, 1.54) is 24.6 Å². The van der Waals surface area contributed by atoms with Gasteiger partial charge in [0.15, 0.2) is 5.76 Å². The summed E-state index contributed by atoms with van der Waals surface area (Å²) in [5, 5.41) is 6.10. The van der Waals surface area contributed by atoms with Gasteiger partial charge in [-0.05, 0) is 87.1 Å². The molecule has 1 atom stereocenters. The number of carbonyl (C=O) groups is 1. The monoisotopic (exact) mass is 546 g/mol. The van der Waals surface area contributed by atoms with Gasteiger partial charge in [-0.1, -0.05) is 46.4 Å². The van der Waals surface area contributed by atoms with Crippen LogP contribution in [0.15, 0.2) is 90.0 Å². The zero-order valence-electron chi connectivity index (χ0n) is 25.2. The van der Waals surface area contributed by atoms with Gasteiger partial charge in [-0.15, -0.1) is 0 Å². The maximum absolute atomic E-state index is 11.7. The molecule has 0 spiro atoms. The summed E-state index contributed by atoms with van der Waals surface area (Å²) < 4.78 is 11.8. The predicted octanol–water partition coefficient (Wildman–Crippen LogP) is 8.15. The van der Waals surface area contributed by atoms with Gasteiger partial charge in [0.05, 0.1) is 7.11 Å². The number of amides is 1. The van der Waals surface area contributed by atoms with Crippen molar-refractivity contribution in [3.05, 3.63) is 85.0 Å². The van der Waals surface area contributed by atoms with E-state index in [0.717, 1.165) is 18.5 Å². The average Bonchev–Trinajstić information content (AvgIpc) is 2.94. The van der Waals surface area contributed by atoms with Crippen LogP contribution < -0.4 is 20.3 Å². The largest absolute Gasteiger partial charge is 0.491 e. The van der Waals surface area contributed by atoms with E-state index in [4.69, 9.17) is 14.5 Å². The highest BCUT2D eigenvalue weighted by Crippen LogP contribution is 2.25. The number of aliphatic imine (C=N–C) groups is 1. The van der Waals surface area contributed by atoms with Crippen LogP contribution in [-0.4, -0.2) is 31.9 Å². The molecule has 0 aliphatic rings. The van der Waals surface area contributed by atoms with Gasteiger partial charge in [0, 0.05) is 36.2 Å². The second-order valence-electron chi connectivity index (χ2n) is 10.0. The van der Waals surface area contributed by atoms with Gasteiger partial charge >= 0.3 is 0 Å². The molecule has 2 rings (SSSR count). The number of nitrogens with zero attached hydrogens (tertiary/aromatic N) is 2. The van der Waals surface area contributed by atoms with Crippen LogP contribution in [0.2, 0.25) is 0 Å². The summed E-state index contributed by atoms with van der Waals surface area (Å²) >= 11 is 0. The van der Waals surface area contributed by atoms with Crippen molar-refractivity contribution in [1.29, 1.82) is 0 Å².